The van der Waals surface area contributed by atoms with Crippen LogP contribution in [0.5, 0.6) is 0 Å². The second-order valence-electron chi connectivity index (χ2n) is 5.51. The van der Waals surface area contributed by atoms with Crippen molar-refractivity contribution in [3.05, 3.63) is 12.3 Å². The summed E-state index contributed by atoms with van der Waals surface area (Å²) in [6.07, 6.45) is 3.96. The van der Waals surface area contributed by atoms with Crippen LogP contribution in [0.3, 0.4) is 0 Å². The number of H-pyrrole nitrogens is 1. The minimum Gasteiger partial charge on any atom is -0.340 e. The molecule has 7 nitrogen and oxygen atoms in total. The molecule has 2 aromatic rings. The highest BCUT2D eigenvalue weighted by molar-refractivity contribution is 5.51. The predicted octanol–water partition coefficient (Wildman–Crippen LogP) is 0.769. The van der Waals surface area contributed by atoms with E-state index in [1.165, 1.54) is 0 Å². The van der Waals surface area contributed by atoms with Crippen LogP contribution in [0.2, 0.25) is 0 Å². The summed E-state index contributed by atoms with van der Waals surface area (Å²) in [5.41, 5.74) is 6.91. The maximum Gasteiger partial charge on any atom is 0.245 e. The quantitative estimate of drug-likeness (QED) is 0.863. The molecule has 108 valence electrons. The number of nitrogens with one attached hydrogen (secondary N) is 1. The molecule has 1 atom stereocenters. The largest absolute Gasteiger partial charge is 0.340 e. The maximum atomic E-state index is 5.97. The van der Waals surface area contributed by atoms with Gasteiger partial charge in [0.15, 0.2) is 5.82 Å². The van der Waals surface area contributed by atoms with Crippen molar-refractivity contribution < 1.29 is 0 Å². The first kappa shape index (κ1) is 13.1. The maximum absolute atomic E-state index is 5.97. The molecule has 7 heteroatoms. The van der Waals surface area contributed by atoms with Crippen LogP contribution in [0.15, 0.2) is 12.3 Å². The molecule has 0 amide bonds. The van der Waals surface area contributed by atoms with Gasteiger partial charge in [0, 0.05) is 32.4 Å². The zero-order chi connectivity index (χ0) is 14.1. The van der Waals surface area contributed by atoms with Crippen molar-refractivity contribution in [2.24, 2.45) is 18.7 Å². The molecular weight excluding hydrogens is 254 g/mol. The standard InChI is InChI=1S/C13H21N7/c1-9(14)10-4-7-20(8-5-10)13-16-12(17-18-13)11-3-6-15-19(11)2/h3,6,9-10H,4-5,7-8,14H2,1-2H3,(H,16,17,18). The van der Waals surface area contributed by atoms with Crippen molar-refractivity contribution in [2.45, 2.75) is 25.8 Å². The molecule has 20 heavy (non-hydrogen) atoms. The van der Waals surface area contributed by atoms with Gasteiger partial charge in [-0.25, -0.2) is 0 Å². The van der Waals surface area contributed by atoms with E-state index in [9.17, 15) is 0 Å². The Morgan fingerprint density at radius 3 is 2.75 bits per heavy atom. The predicted molar refractivity (Wildman–Crippen MR) is 77.2 cm³/mol. The lowest BCUT2D eigenvalue weighted by Crippen LogP contribution is -2.40. The summed E-state index contributed by atoms with van der Waals surface area (Å²) < 4.78 is 1.78. The SMILES string of the molecule is CC(N)C1CCN(c2n[nH]c(-c3ccnn3C)n2)CC1. The molecule has 0 bridgehead atoms. The fourth-order valence-corrected chi connectivity index (χ4v) is 2.74. The monoisotopic (exact) mass is 275 g/mol. The van der Waals surface area contributed by atoms with Crippen molar-refractivity contribution in [1.82, 2.24) is 25.0 Å². The van der Waals surface area contributed by atoms with Gasteiger partial charge in [-0.3, -0.25) is 9.78 Å². The van der Waals surface area contributed by atoms with Gasteiger partial charge in [0.25, 0.3) is 0 Å². The zero-order valence-corrected chi connectivity index (χ0v) is 12.0. The van der Waals surface area contributed by atoms with Gasteiger partial charge >= 0.3 is 0 Å². The van der Waals surface area contributed by atoms with Gasteiger partial charge < -0.3 is 10.6 Å². The highest BCUT2D eigenvalue weighted by Gasteiger charge is 2.24. The van der Waals surface area contributed by atoms with Crippen LogP contribution in [0.1, 0.15) is 19.8 Å². The Balaban J connectivity index is 1.71. The van der Waals surface area contributed by atoms with Gasteiger partial charge in [-0.15, -0.1) is 5.10 Å². The zero-order valence-electron chi connectivity index (χ0n) is 12.0. The summed E-state index contributed by atoms with van der Waals surface area (Å²) >= 11 is 0. The number of aryl methyl sites for hydroxylation is 1. The minimum atomic E-state index is 0.272. The molecule has 0 spiro atoms. The Morgan fingerprint density at radius 2 is 2.15 bits per heavy atom. The smallest absolute Gasteiger partial charge is 0.245 e. The summed E-state index contributed by atoms with van der Waals surface area (Å²) in [7, 11) is 1.89. The number of hydrogen-bond acceptors (Lipinski definition) is 5. The fraction of sp³-hybridized carbons (Fsp3) is 0.615. The Kier molecular flexibility index (Phi) is 3.43. The van der Waals surface area contributed by atoms with Crippen LogP contribution in [0.4, 0.5) is 5.95 Å². The van der Waals surface area contributed by atoms with Gasteiger partial charge in [0.2, 0.25) is 5.95 Å². The van der Waals surface area contributed by atoms with E-state index in [1.54, 1.807) is 10.9 Å². The van der Waals surface area contributed by atoms with Gasteiger partial charge in [-0.05, 0) is 31.7 Å². The van der Waals surface area contributed by atoms with Crippen LogP contribution in [-0.2, 0) is 7.05 Å². The Hall–Kier alpha value is -1.89. The second kappa shape index (κ2) is 5.24. The summed E-state index contributed by atoms with van der Waals surface area (Å²) in [4.78, 5) is 6.79. The lowest BCUT2D eigenvalue weighted by atomic mass is 9.91. The second-order valence-corrected chi connectivity index (χ2v) is 5.51. The summed E-state index contributed by atoms with van der Waals surface area (Å²) in [6.45, 7) is 4.03. The average Bonchev–Trinajstić information content (AvgIpc) is 3.07. The Bertz CT molecular complexity index is 563. The number of anilines is 1. The molecule has 0 radical (unpaired) electrons. The molecule has 1 saturated heterocycles. The van der Waals surface area contributed by atoms with Crippen molar-refractivity contribution in [3.63, 3.8) is 0 Å². The van der Waals surface area contributed by atoms with Crippen molar-refractivity contribution in [2.75, 3.05) is 18.0 Å². The van der Waals surface area contributed by atoms with E-state index in [2.05, 4.69) is 32.1 Å². The summed E-state index contributed by atoms with van der Waals surface area (Å²) in [5, 5.41) is 11.5. The van der Waals surface area contributed by atoms with Gasteiger partial charge in [-0.2, -0.15) is 10.1 Å². The van der Waals surface area contributed by atoms with E-state index in [1.807, 2.05) is 13.1 Å². The number of nitrogens with two attached hydrogens (primary N) is 1. The number of aromatic amines is 1. The molecule has 1 unspecified atom stereocenters. The third-order valence-corrected chi connectivity index (χ3v) is 4.10. The van der Waals surface area contributed by atoms with E-state index in [-0.39, 0.29) is 6.04 Å². The molecule has 1 aliphatic heterocycles. The molecule has 0 aliphatic carbocycles. The summed E-state index contributed by atoms with van der Waals surface area (Å²) in [6, 6.07) is 2.20. The molecular formula is C13H21N7. The normalized spacial score (nSPS) is 18.4. The first-order valence-electron chi connectivity index (χ1n) is 7.06. The third kappa shape index (κ3) is 2.40. The molecule has 1 aliphatic rings. The fourth-order valence-electron chi connectivity index (χ4n) is 2.74. The summed E-state index contributed by atoms with van der Waals surface area (Å²) in [5.74, 6) is 2.14. The van der Waals surface area contributed by atoms with Crippen molar-refractivity contribution >= 4 is 5.95 Å². The van der Waals surface area contributed by atoms with Crippen LogP contribution in [0.25, 0.3) is 11.5 Å². The third-order valence-electron chi connectivity index (χ3n) is 4.10. The van der Waals surface area contributed by atoms with Crippen molar-refractivity contribution in [3.8, 4) is 11.5 Å². The van der Waals surface area contributed by atoms with Crippen molar-refractivity contribution in [1.29, 1.82) is 0 Å². The average molecular weight is 275 g/mol. The van der Waals surface area contributed by atoms with Gasteiger partial charge in [0.05, 0.1) is 0 Å². The van der Waals surface area contributed by atoms with Crippen LogP contribution >= 0.6 is 0 Å². The van der Waals surface area contributed by atoms with E-state index >= 15 is 0 Å². The van der Waals surface area contributed by atoms with Crippen LogP contribution < -0.4 is 10.6 Å². The van der Waals surface area contributed by atoms with E-state index in [0.29, 0.717) is 5.92 Å². The Morgan fingerprint density at radius 1 is 1.40 bits per heavy atom. The number of aromatic nitrogens is 5. The molecule has 0 saturated carbocycles. The molecule has 3 N–H and O–H groups in total. The highest BCUT2D eigenvalue weighted by atomic mass is 15.4. The molecule has 3 rings (SSSR count). The number of rotatable bonds is 3. The lowest BCUT2D eigenvalue weighted by molar-refractivity contribution is 0.352. The number of nitrogens with zero attached hydrogens (tertiary/aromatic N) is 5. The van der Waals surface area contributed by atoms with Gasteiger partial charge in [0.1, 0.15) is 5.69 Å². The topological polar surface area (TPSA) is 88.6 Å². The molecule has 3 heterocycles. The number of hydrogen-bond donors (Lipinski definition) is 2. The van der Waals surface area contributed by atoms with E-state index in [0.717, 1.165) is 43.4 Å². The van der Waals surface area contributed by atoms with Crippen LogP contribution in [-0.4, -0.2) is 44.1 Å². The minimum absolute atomic E-state index is 0.272. The van der Waals surface area contributed by atoms with Crippen LogP contribution in [0, 0.1) is 5.92 Å². The first-order valence-corrected chi connectivity index (χ1v) is 7.06. The van der Waals surface area contributed by atoms with Gasteiger partial charge in [-0.1, -0.05) is 0 Å². The molecule has 0 aromatic carbocycles. The van der Waals surface area contributed by atoms with E-state index < -0.39 is 0 Å². The number of piperidine rings is 1. The highest BCUT2D eigenvalue weighted by Crippen LogP contribution is 2.23. The lowest BCUT2D eigenvalue weighted by Gasteiger charge is -2.32. The Labute approximate surface area is 118 Å². The molecule has 2 aromatic heterocycles. The van der Waals surface area contributed by atoms with E-state index in [4.69, 9.17) is 5.73 Å². The molecule has 1 fully saturated rings. The first-order chi connectivity index (χ1) is 9.65.